The summed E-state index contributed by atoms with van der Waals surface area (Å²) in [4.78, 5) is 22.6. The Labute approximate surface area is 131 Å². The standard InChI is InChI=1S/C16H11ClN2O3/c1-9-2-3-10(7-15(9)19(21)22)6-13-12-8-11(17)4-5-14(12)18-16(13)20/h2-8H,1H3,(H,18,20)/b13-6+. The Balaban J connectivity index is 2.10. The third-order valence-electron chi connectivity index (χ3n) is 3.51. The van der Waals surface area contributed by atoms with Gasteiger partial charge in [0.25, 0.3) is 11.6 Å². The number of nitro groups is 1. The van der Waals surface area contributed by atoms with Gasteiger partial charge in [0, 0.05) is 33.5 Å². The van der Waals surface area contributed by atoms with Gasteiger partial charge >= 0.3 is 0 Å². The van der Waals surface area contributed by atoms with Crippen molar-refractivity contribution < 1.29 is 9.72 Å². The van der Waals surface area contributed by atoms with E-state index < -0.39 is 4.92 Å². The molecule has 2 aromatic rings. The second-order valence-electron chi connectivity index (χ2n) is 5.01. The molecule has 5 nitrogen and oxygen atoms in total. The van der Waals surface area contributed by atoms with E-state index in [1.807, 2.05) is 0 Å². The lowest BCUT2D eigenvalue weighted by molar-refractivity contribution is -0.385. The SMILES string of the molecule is Cc1ccc(/C=C2/C(=O)Nc3ccc(Cl)cc32)cc1[N+](=O)[O-]. The lowest BCUT2D eigenvalue weighted by Gasteiger charge is -2.01. The third-order valence-corrected chi connectivity index (χ3v) is 3.74. The Morgan fingerprint density at radius 2 is 2.00 bits per heavy atom. The zero-order chi connectivity index (χ0) is 15.9. The van der Waals surface area contributed by atoms with E-state index >= 15 is 0 Å². The van der Waals surface area contributed by atoms with E-state index in [2.05, 4.69) is 5.32 Å². The van der Waals surface area contributed by atoms with Crippen LogP contribution in [0.15, 0.2) is 36.4 Å². The Bertz CT molecular complexity index is 843. The molecule has 22 heavy (non-hydrogen) atoms. The molecule has 0 radical (unpaired) electrons. The number of anilines is 1. The molecule has 110 valence electrons. The molecular formula is C16H11ClN2O3. The smallest absolute Gasteiger partial charge is 0.272 e. The second-order valence-corrected chi connectivity index (χ2v) is 5.44. The first-order chi connectivity index (χ1) is 10.5. The largest absolute Gasteiger partial charge is 0.321 e. The number of rotatable bonds is 2. The van der Waals surface area contributed by atoms with Crippen LogP contribution in [0.2, 0.25) is 5.02 Å². The van der Waals surface area contributed by atoms with Gasteiger partial charge in [-0.05, 0) is 36.8 Å². The second kappa shape index (κ2) is 5.27. The van der Waals surface area contributed by atoms with E-state index in [1.165, 1.54) is 6.07 Å². The molecule has 0 unspecified atom stereocenters. The predicted octanol–water partition coefficient (Wildman–Crippen LogP) is 4.05. The Morgan fingerprint density at radius 1 is 1.23 bits per heavy atom. The molecule has 1 aliphatic rings. The van der Waals surface area contributed by atoms with Crippen molar-refractivity contribution in [2.24, 2.45) is 0 Å². The summed E-state index contributed by atoms with van der Waals surface area (Å²) in [5.74, 6) is -0.250. The molecule has 1 heterocycles. The van der Waals surface area contributed by atoms with E-state index in [-0.39, 0.29) is 11.6 Å². The van der Waals surface area contributed by atoms with Crippen LogP contribution in [0, 0.1) is 17.0 Å². The lowest BCUT2D eigenvalue weighted by Crippen LogP contribution is -2.03. The number of hydrogen-bond donors (Lipinski definition) is 1. The quantitative estimate of drug-likeness (QED) is 0.516. The van der Waals surface area contributed by atoms with E-state index in [4.69, 9.17) is 11.6 Å². The fourth-order valence-electron chi connectivity index (χ4n) is 2.38. The third kappa shape index (κ3) is 2.46. The van der Waals surface area contributed by atoms with Gasteiger partial charge in [0.1, 0.15) is 0 Å². The molecule has 2 aromatic carbocycles. The summed E-state index contributed by atoms with van der Waals surface area (Å²) in [6, 6.07) is 9.98. The zero-order valence-corrected chi connectivity index (χ0v) is 12.3. The molecule has 1 amide bonds. The van der Waals surface area contributed by atoms with Crippen molar-refractivity contribution in [3.63, 3.8) is 0 Å². The van der Waals surface area contributed by atoms with Gasteiger partial charge < -0.3 is 5.32 Å². The number of nitrogens with zero attached hydrogens (tertiary/aromatic N) is 1. The molecule has 0 bridgehead atoms. The number of benzene rings is 2. The minimum Gasteiger partial charge on any atom is -0.321 e. The highest BCUT2D eigenvalue weighted by Crippen LogP contribution is 2.35. The van der Waals surface area contributed by atoms with Crippen molar-refractivity contribution in [1.29, 1.82) is 0 Å². The van der Waals surface area contributed by atoms with Gasteiger partial charge in [0.15, 0.2) is 0 Å². The highest BCUT2D eigenvalue weighted by atomic mass is 35.5. The number of hydrogen-bond acceptors (Lipinski definition) is 3. The van der Waals surface area contributed by atoms with Gasteiger partial charge in [0.2, 0.25) is 0 Å². The van der Waals surface area contributed by atoms with Crippen LogP contribution in [0.5, 0.6) is 0 Å². The first kappa shape index (κ1) is 14.3. The number of fused-ring (bicyclic) bond motifs is 1. The molecule has 0 saturated carbocycles. The molecular weight excluding hydrogens is 304 g/mol. The number of halogens is 1. The average molecular weight is 315 g/mol. The maximum atomic E-state index is 12.1. The Kier molecular flexibility index (Phi) is 3.42. The number of aryl methyl sites for hydroxylation is 1. The van der Waals surface area contributed by atoms with Crippen molar-refractivity contribution in [3.05, 3.63) is 68.2 Å². The monoisotopic (exact) mass is 314 g/mol. The maximum Gasteiger partial charge on any atom is 0.272 e. The summed E-state index contributed by atoms with van der Waals surface area (Å²) in [6.45, 7) is 1.67. The van der Waals surface area contributed by atoms with Gasteiger partial charge in [-0.1, -0.05) is 23.7 Å². The topological polar surface area (TPSA) is 72.2 Å². The summed E-state index contributed by atoms with van der Waals surface area (Å²) in [5.41, 5.74) is 3.01. The van der Waals surface area contributed by atoms with Crippen LogP contribution >= 0.6 is 11.6 Å². The molecule has 0 aliphatic carbocycles. The molecule has 6 heteroatoms. The molecule has 3 rings (SSSR count). The molecule has 1 N–H and O–H groups in total. The van der Waals surface area contributed by atoms with Crippen molar-refractivity contribution in [3.8, 4) is 0 Å². The average Bonchev–Trinajstić information content (AvgIpc) is 2.76. The van der Waals surface area contributed by atoms with Crippen molar-refractivity contribution >= 4 is 40.5 Å². The van der Waals surface area contributed by atoms with Gasteiger partial charge in [-0.3, -0.25) is 14.9 Å². The lowest BCUT2D eigenvalue weighted by atomic mass is 10.0. The minimum absolute atomic E-state index is 0.0269. The minimum atomic E-state index is -0.434. The Hall–Kier alpha value is -2.66. The van der Waals surface area contributed by atoms with Gasteiger partial charge in [-0.2, -0.15) is 0 Å². The predicted molar refractivity (Wildman–Crippen MR) is 85.8 cm³/mol. The normalized spacial score (nSPS) is 14.8. The van der Waals surface area contributed by atoms with Crippen LogP contribution in [-0.4, -0.2) is 10.8 Å². The summed E-state index contributed by atoms with van der Waals surface area (Å²) < 4.78 is 0. The Morgan fingerprint density at radius 3 is 2.73 bits per heavy atom. The maximum absolute atomic E-state index is 12.1. The fraction of sp³-hybridized carbons (Fsp3) is 0.0625. The molecule has 0 aromatic heterocycles. The molecule has 0 saturated heterocycles. The number of carbonyl (C=O) groups excluding carboxylic acids is 1. The van der Waals surface area contributed by atoms with Gasteiger partial charge in [-0.15, -0.1) is 0 Å². The fourth-order valence-corrected chi connectivity index (χ4v) is 2.56. The van der Waals surface area contributed by atoms with E-state index in [9.17, 15) is 14.9 Å². The van der Waals surface area contributed by atoms with Crippen LogP contribution in [-0.2, 0) is 4.79 Å². The van der Waals surface area contributed by atoms with Gasteiger partial charge in [0.05, 0.1) is 4.92 Å². The summed E-state index contributed by atoms with van der Waals surface area (Å²) in [7, 11) is 0. The highest BCUT2D eigenvalue weighted by molar-refractivity contribution is 6.36. The number of carbonyl (C=O) groups is 1. The van der Waals surface area contributed by atoms with Crippen LogP contribution in [0.1, 0.15) is 16.7 Å². The van der Waals surface area contributed by atoms with Crippen molar-refractivity contribution in [2.45, 2.75) is 6.92 Å². The summed E-state index contributed by atoms with van der Waals surface area (Å²) in [6.07, 6.45) is 1.63. The van der Waals surface area contributed by atoms with E-state index in [0.717, 1.165) is 0 Å². The molecule has 1 aliphatic heterocycles. The number of amides is 1. The van der Waals surface area contributed by atoms with Crippen molar-refractivity contribution in [2.75, 3.05) is 5.32 Å². The van der Waals surface area contributed by atoms with Crippen LogP contribution < -0.4 is 5.32 Å². The number of nitro benzene ring substituents is 1. The number of nitrogens with one attached hydrogen (secondary N) is 1. The van der Waals surface area contributed by atoms with Crippen LogP contribution in [0.25, 0.3) is 11.6 Å². The first-order valence-corrected chi connectivity index (χ1v) is 6.91. The zero-order valence-electron chi connectivity index (χ0n) is 11.6. The molecule has 0 spiro atoms. The highest BCUT2D eigenvalue weighted by Gasteiger charge is 2.24. The molecule has 0 fully saturated rings. The molecule has 0 atom stereocenters. The van der Waals surface area contributed by atoms with Crippen molar-refractivity contribution in [1.82, 2.24) is 0 Å². The first-order valence-electron chi connectivity index (χ1n) is 6.54. The van der Waals surface area contributed by atoms with Gasteiger partial charge in [-0.25, -0.2) is 0 Å². The van der Waals surface area contributed by atoms with Crippen LogP contribution in [0.3, 0.4) is 0 Å². The summed E-state index contributed by atoms with van der Waals surface area (Å²) in [5, 5.41) is 14.3. The van der Waals surface area contributed by atoms with E-state index in [0.29, 0.717) is 33.0 Å². The van der Waals surface area contributed by atoms with E-state index in [1.54, 1.807) is 43.3 Å². The van der Waals surface area contributed by atoms with Crippen LogP contribution in [0.4, 0.5) is 11.4 Å². The summed E-state index contributed by atoms with van der Waals surface area (Å²) >= 11 is 5.97.